The molecule has 0 radical (unpaired) electrons. The summed E-state index contributed by atoms with van der Waals surface area (Å²) in [6.07, 6.45) is 5.65. The van der Waals surface area contributed by atoms with Gasteiger partial charge in [-0.15, -0.1) is 12.4 Å². The number of carbonyl (C=O) groups is 1. The fourth-order valence-corrected chi connectivity index (χ4v) is 6.36. The van der Waals surface area contributed by atoms with Crippen LogP contribution in [0.15, 0.2) is 41.3 Å². The van der Waals surface area contributed by atoms with E-state index in [0.717, 1.165) is 43.6 Å². The standard InChI is InChI=1S/C25H29N3O4S2.ClH/c1-34(30,31)21-8-9-22-23(17-21)33-25(26-22)28(11-10-27-12-14-32-15-13-27)24(29)20-7-6-18-4-2-3-5-19(18)16-20;/h6-9,16-17H,2-5,10-15H2,1H3;1H. The van der Waals surface area contributed by atoms with E-state index >= 15 is 0 Å². The molecule has 0 spiro atoms. The maximum absolute atomic E-state index is 13.8. The lowest BCUT2D eigenvalue weighted by Gasteiger charge is -2.29. The van der Waals surface area contributed by atoms with Gasteiger partial charge in [0.05, 0.1) is 28.3 Å². The average molecular weight is 536 g/mol. The molecule has 10 heteroatoms. The fraction of sp³-hybridized carbons (Fsp3) is 0.440. The molecule has 0 saturated carbocycles. The van der Waals surface area contributed by atoms with E-state index in [9.17, 15) is 13.2 Å². The number of morpholine rings is 1. The Hall–Kier alpha value is -2.04. The first kappa shape index (κ1) is 26.0. The van der Waals surface area contributed by atoms with Crippen LogP contribution in [-0.2, 0) is 27.4 Å². The maximum Gasteiger partial charge on any atom is 0.260 e. The monoisotopic (exact) mass is 535 g/mol. The van der Waals surface area contributed by atoms with Gasteiger partial charge < -0.3 is 4.74 Å². The Morgan fingerprint density at radius 3 is 2.57 bits per heavy atom. The van der Waals surface area contributed by atoms with Crippen molar-refractivity contribution in [1.29, 1.82) is 0 Å². The molecule has 1 aliphatic heterocycles. The number of ether oxygens (including phenoxy) is 1. The molecule has 2 heterocycles. The molecule has 188 valence electrons. The molecule has 2 aromatic carbocycles. The number of aromatic nitrogens is 1. The van der Waals surface area contributed by atoms with Crippen molar-refractivity contribution in [3.05, 3.63) is 53.1 Å². The van der Waals surface area contributed by atoms with Crippen molar-refractivity contribution < 1.29 is 17.9 Å². The summed E-state index contributed by atoms with van der Waals surface area (Å²) in [6, 6.07) is 11.0. The van der Waals surface area contributed by atoms with Crippen molar-refractivity contribution in [2.45, 2.75) is 30.6 Å². The van der Waals surface area contributed by atoms with Crippen molar-refractivity contribution in [2.75, 3.05) is 50.5 Å². The van der Waals surface area contributed by atoms with Crippen LogP contribution >= 0.6 is 23.7 Å². The van der Waals surface area contributed by atoms with E-state index in [1.165, 1.54) is 35.1 Å². The van der Waals surface area contributed by atoms with E-state index < -0.39 is 9.84 Å². The third-order valence-corrected chi connectivity index (χ3v) is 8.74. The molecule has 35 heavy (non-hydrogen) atoms. The number of hydrogen-bond donors (Lipinski definition) is 0. The number of fused-ring (bicyclic) bond motifs is 2. The Balaban J connectivity index is 0.00000289. The van der Waals surface area contributed by atoms with Crippen LogP contribution in [0.2, 0.25) is 0 Å². The van der Waals surface area contributed by atoms with Crippen molar-refractivity contribution in [3.63, 3.8) is 0 Å². The zero-order valence-electron chi connectivity index (χ0n) is 19.7. The van der Waals surface area contributed by atoms with E-state index in [4.69, 9.17) is 9.72 Å². The summed E-state index contributed by atoms with van der Waals surface area (Å²) >= 11 is 1.36. The number of sulfone groups is 1. The Kier molecular flexibility index (Phi) is 8.12. The Morgan fingerprint density at radius 1 is 1.09 bits per heavy atom. The van der Waals surface area contributed by atoms with Crippen molar-refractivity contribution in [1.82, 2.24) is 9.88 Å². The number of thiazole rings is 1. The summed E-state index contributed by atoms with van der Waals surface area (Å²) < 4.78 is 30.2. The number of anilines is 1. The highest BCUT2D eigenvalue weighted by atomic mass is 35.5. The first-order valence-electron chi connectivity index (χ1n) is 11.7. The minimum Gasteiger partial charge on any atom is -0.379 e. The van der Waals surface area contributed by atoms with Crippen LogP contribution in [0.4, 0.5) is 5.13 Å². The molecule has 1 aromatic heterocycles. The Labute approximate surface area is 216 Å². The van der Waals surface area contributed by atoms with Crippen LogP contribution in [0.1, 0.15) is 34.3 Å². The third kappa shape index (κ3) is 5.86. The molecule has 1 fully saturated rings. The molecule has 0 N–H and O–H groups in total. The zero-order valence-corrected chi connectivity index (χ0v) is 22.2. The number of carbonyl (C=O) groups excluding carboxylic acids is 1. The zero-order chi connectivity index (χ0) is 23.7. The van der Waals surface area contributed by atoms with E-state index in [1.807, 2.05) is 12.1 Å². The summed E-state index contributed by atoms with van der Waals surface area (Å²) in [4.78, 5) is 22.8. The van der Waals surface area contributed by atoms with E-state index in [-0.39, 0.29) is 23.2 Å². The molecule has 3 aromatic rings. The van der Waals surface area contributed by atoms with Crippen LogP contribution in [0.3, 0.4) is 0 Å². The van der Waals surface area contributed by atoms with E-state index in [0.29, 0.717) is 36.0 Å². The number of aryl methyl sites for hydroxylation is 2. The van der Waals surface area contributed by atoms with Gasteiger partial charge in [0.1, 0.15) is 0 Å². The molecule has 0 atom stereocenters. The Morgan fingerprint density at radius 2 is 1.83 bits per heavy atom. The van der Waals surface area contributed by atoms with Crippen molar-refractivity contribution >= 4 is 54.8 Å². The molecule has 0 bridgehead atoms. The van der Waals surface area contributed by atoms with Crippen LogP contribution < -0.4 is 4.90 Å². The lowest BCUT2D eigenvalue weighted by Crippen LogP contribution is -2.43. The quantitative estimate of drug-likeness (QED) is 0.475. The molecule has 5 rings (SSSR count). The van der Waals surface area contributed by atoms with Gasteiger partial charge in [-0.3, -0.25) is 14.6 Å². The largest absolute Gasteiger partial charge is 0.379 e. The number of benzene rings is 2. The van der Waals surface area contributed by atoms with Gasteiger partial charge in [0.25, 0.3) is 5.91 Å². The summed E-state index contributed by atoms with van der Waals surface area (Å²) in [5.74, 6) is -0.0657. The predicted molar refractivity (Wildman–Crippen MR) is 142 cm³/mol. The van der Waals surface area contributed by atoms with Gasteiger partial charge in [-0.2, -0.15) is 0 Å². The predicted octanol–water partition coefficient (Wildman–Crippen LogP) is 3.98. The number of halogens is 1. The number of hydrogen-bond acceptors (Lipinski definition) is 7. The number of nitrogens with zero attached hydrogens (tertiary/aromatic N) is 3. The van der Waals surface area contributed by atoms with Crippen LogP contribution in [0.25, 0.3) is 10.2 Å². The minimum atomic E-state index is -3.32. The molecular weight excluding hydrogens is 506 g/mol. The second-order valence-corrected chi connectivity index (χ2v) is 12.0. The highest BCUT2D eigenvalue weighted by molar-refractivity contribution is 7.90. The average Bonchev–Trinajstić information content (AvgIpc) is 3.27. The SMILES string of the molecule is CS(=O)(=O)c1ccc2nc(N(CCN3CCOCC3)C(=O)c3ccc4c(c3)CCCC4)sc2c1.Cl. The highest BCUT2D eigenvalue weighted by Gasteiger charge is 2.24. The molecule has 0 unspecified atom stereocenters. The normalized spacial score (nSPS) is 16.5. The van der Waals surface area contributed by atoms with Gasteiger partial charge in [-0.1, -0.05) is 17.4 Å². The number of rotatable bonds is 6. The molecule has 1 aliphatic carbocycles. The van der Waals surface area contributed by atoms with Crippen LogP contribution in [0.5, 0.6) is 0 Å². The van der Waals surface area contributed by atoms with E-state index in [1.54, 1.807) is 23.1 Å². The molecule has 7 nitrogen and oxygen atoms in total. The molecule has 1 amide bonds. The van der Waals surface area contributed by atoms with Crippen LogP contribution in [-0.4, -0.2) is 69.9 Å². The maximum atomic E-state index is 13.8. The van der Waals surface area contributed by atoms with Gasteiger partial charge in [-0.25, -0.2) is 13.4 Å². The molecule has 1 saturated heterocycles. The molecule has 2 aliphatic rings. The van der Waals surface area contributed by atoms with Gasteiger partial charge in [0.2, 0.25) is 0 Å². The van der Waals surface area contributed by atoms with Crippen molar-refractivity contribution in [2.24, 2.45) is 0 Å². The fourth-order valence-electron chi connectivity index (χ4n) is 4.61. The summed E-state index contributed by atoms with van der Waals surface area (Å²) in [5, 5.41) is 0.594. The first-order chi connectivity index (χ1) is 16.4. The summed E-state index contributed by atoms with van der Waals surface area (Å²) in [7, 11) is -3.32. The van der Waals surface area contributed by atoms with Gasteiger partial charge in [-0.05, 0) is 67.1 Å². The van der Waals surface area contributed by atoms with Gasteiger partial charge >= 0.3 is 0 Å². The van der Waals surface area contributed by atoms with E-state index in [2.05, 4.69) is 11.0 Å². The smallest absolute Gasteiger partial charge is 0.260 e. The third-order valence-electron chi connectivity index (χ3n) is 6.59. The van der Waals surface area contributed by atoms with Gasteiger partial charge in [0.15, 0.2) is 15.0 Å². The second-order valence-electron chi connectivity index (χ2n) is 9.00. The highest BCUT2D eigenvalue weighted by Crippen LogP contribution is 2.32. The second kappa shape index (κ2) is 10.9. The lowest BCUT2D eigenvalue weighted by molar-refractivity contribution is 0.0391. The topological polar surface area (TPSA) is 79.8 Å². The lowest BCUT2D eigenvalue weighted by atomic mass is 9.90. The van der Waals surface area contributed by atoms with Gasteiger partial charge in [0, 0.05) is 38.0 Å². The number of amides is 1. The van der Waals surface area contributed by atoms with Crippen molar-refractivity contribution in [3.8, 4) is 0 Å². The summed E-state index contributed by atoms with van der Waals surface area (Å²) in [6.45, 7) is 4.33. The van der Waals surface area contributed by atoms with Crippen LogP contribution in [0, 0.1) is 0 Å². The first-order valence-corrected chi connectivity index (χ1v) is 14.4. The Bertz CT molecular complexity index is 1320. The minimum absolute atomic E-state index is 0. The molecular formula is C25H30ClN3O4S2. The summed E-state index contributed by atoms with van der Waals surface area (Å²) in [5.41, 5.74) is 3.99.